The van der Waals surface area contributed by atoms with Gasteiger partial charge in [-0.15, -0.1) is 0 Å². The van der Waals surface area contributed by atoms with Crippen molar-refractivity contribution in [3.8, 4) is 0 Å². The van der Waals surface area contributed by atoms with Gasteiger partial charge in [-0.05, 0) is 24.2 Å². The highest BCUT2D eigenvalue weighted by molar-refractivity contribution is 8.00. The largest absolute Gasteiger partial charge is 0.481 e. The van der Waals surface area contributed by atoms with Gasteiger partial charge < -0.3 is 21.3 Å². The molecule has 0 radical (unpaired) electrons. The Morgan fingerprint density at radius 2 is 1.88 bits per heavy atom. The average molecular weight is 375 g/mol. The van der Waals surface area contributed by atoms with Crippen molar-refractivity contribution in [2.24, 2.45) is 22.8 Å². The van der Waals surface area contributed by atoms with Gasteiger partial charge in [0.15, 0.2) is 11.3 Å². The summed E-state index contributed by atoms with van der Waals surface area (Å²) in [5.41, 5.74) is 9.93. The molecule has 4 atom stereocenters. The second kappa shape index (κ2) is 8.51. The molecule has 0 aromatic rings. The van der Waals surface area contributed by atoms with Crippen molar-refractivity contribution in [3.05, 3.63) is 0 Å². The van der Waals surface area contributed by atoms with Gasteiger partial charge in [0.05, 0.1) is 19.6 Å². The zero-order valence-corrected chi connectivity index (χ0v) is 16.2. The number of carbonyl (C=O) groups excluding carboxylic acids is 2. The summed E-state index contributed by atoms with van der Waals surface area (Å²) in [6.07, 6.45) is 2.62. The third kappa shape index (κ3) is 5.43. The van der Waals surface area contributed by atoms with E-state index >= 15 is 0 Å². The highest BCUT2D eigenvalue weighted by atomic mass is 32.2. The number of carboxylic acids is 1. The number of hydrogen-bond acceptors (Lipinski definition) is 7. The number of ketones is 1. The van der Waals surface area contributed by atoms with Crippen LogP contribution in [-0.2, 0) is 19.1 Å². The maximum Gasteiger partial charge on any atom is 0.334 e. The van der Waals surface area contributed by atoms with E-state index in [1.165, 1.54) is 11.8 Å². The molecule has 1 aliphatic carbocycles. The smallest absolute Gasteiger partial charge is 0.334 e. The summed E-state index contributed by atoms with van der Waals surface area (Å²) in [5, 5.41) is 9.11. The van der Waals surface area contributed by atoms with Gasteiger partial charge >= 0.3 is 11.9 Å². The lowest BCUT2D eigenvalue weighted by molar-refractivity contribution is -0.151. The maximum atomic E-state index is 12.6. The van der Waals surface area contributed by atoms with E-state index in [2.05, 4.69) is 20.8 Å². The second-order valence-corrected chi connectivity index (χ2v) is 9.01. The van der Waals surface area contributed by atoms with Crippen LogP contribution in [0.2, 0.25) is 0 Å². The van der Waals surface area contributed by atoms with E-state index in [0.717, 1.165) is 26.4 Å². The summed E-state index contributed by atoms with van der Waals surface area (Å²) in [4.78, 5) is 35.5. The number of ether oxygens (including phenoxy) is 1. The van der Waals surface area contributed by atoms with E-state index in [4.69, 9.17) is 21.3 Å². The third-order valence-electron chi connectivity index (χ3n) is 4.81. The van der Waals surface area contributed by atoms with E-state index < -0.39 is 35.7 Å². The summed E-state index contributed by atoms with van der Waals surface area (Å²) in [6.45, 7) is 6.54. The molecular formula is C17H30N2O5S. The number of esters is 1. The number of carboxylic acid groups (broad SMARTS) is 1. The summed E-state index contributed by atoms with van der Waals surface area (Å²) in [5.74, 6) is -2.40. The average Bonchev–Trinajstić information content (AvgIpc) is 2.99. The Labute approximate surface area is 153 Å². The van der Waals surface area contributed by atoms with Crippen molar-refractivity contribution < 1.29 is 24.2 Å². The van der Waals surface area contributed by atoms with Crippen LogP contribution in [0.3, 0.4) is 0 Å². The predicted octanol–water partition coefficient (Wildman–Crippen LogP) is 1.18. The predicted molar refractivity (Wildman–Crippen MR) is 97.2 cm³/mol. The summed E-state index contributed by atoms with van der Waals surface area (Å²) < 4.78 is 4.70. The molecule has 8 heteroatoms. The normalized spacial score (nSPS) is 24.4. The van der Waals surface area contributed by atoms with Crippen molar-refractivity contribution in [2.75, 3.05) is 12.9 Å². The molecule has 1 aliphatic rings. The summed E-state index contributed by atoms with van der Waals surface area (Å²) >= 11 is 1.48. The van der Waals surface area contributed by atoms with E-state index in [1.54, 1.807) is 0 Å². The molecule has 7 nitrogen and oxygen atoms in total. The van der Waals surface area contributed by atoms with Crippen molar-refractivity contribution in [1.82, 2.24) is 0 Å². The molecule has 144 valence electrons. The summed E-state index contributed by atoms with van der Waals surface area (Å²) in [7, 11) is 1.15. The van der Waals surface area contributed by atoms with Crippen LogP contribution in [0.15, 0.2) is 0 Å². The fourth-order valence-corrected chi connectivity index (χ4v) is 5.23. The van der Waals surface area contributed by atoms with Crippen LogP contribution < -0.4 is 11.5 Å². The van der Waals surface area contributed by atoms with Crippen molar-refractivity contribution >= 4 is 29.5 Å². The second-order valence-electron chi connectivity index (χ2n) is 7.78. The lowest BCUT2D eigenvalue weighted by Gasteiger charge is -2.34. The van der Waals surface area contributed by atoms with Crippen LogP contribution in [-0.4, -0.2) is 52.5 Å². The van der Waals surface area contributed by atoms with Crippen LogP contribution in [0.1, 0.15) is 46.5 Å². The third-order valence-corrected chi connectivity index (χ3v) is 6.43. The Morgan fingerprint density at radius 1 is 1.28 bits per heavy atom. The van der Waals surface area contributed by atoms with Gasteiger partial charge in [-0.3, -0.25) is 9.59 Å². The Hall–Kier alpha value is -1.12. The zero-order chi connectivity index (χ0) is 19.4. The number of thioether (sulfide) groups is 1. The molecule has 0 bridgehead atoms. The SMILES string of the molecule is COC(=O)[C@@](N)(CSC1CCCC1C(C)(C)C)C(=O)[C@@H](N)CC(=O)O. The van der Waals surface area contributed by atoms with Gasteiger partial charge in [0.2, 0.25) is 0 Å². The minimum absolute atomic E-state index is 0.0308. The van der Waals surface area contributed by atoms with E-state index in [1.807, 2.05) is 0 Å². The van der Waals surface area contributed by atoms with Crippen LogP contribution >= 0.6 is 11.8 Å². The molecule has 1 fully saturated rings. The fourth-order valence-electron chi connectivity index (χ4n) is 3.38. The molecule has 0 spiro atoms. The van der Waals surface area contributed by atoms with Crippen molar-refractivity contribution in [1.29, 1.82) is 0 Å². The van der Waals surface area contributed by atoms with Crippen LogP contribution in [0.5, 0.6) is 0 Å². The number of rotatable bonds is 8. The minimum Gasteiger partial charge on any atom is -0.481 e. The van der Waals surface area contributed by atoms with Gasteiger partial charge in [-0.2, -0.15) is 11.8 Å². The van der Waals surface area contributed by atoms with Crippen LogP contribution in [0, 0.1) is 11.3 Å². The van der Waals surface area contributed by atoms with Crippen molar-refractivity contribution in [3.63, 3.8) is 0 Å². The van der Waals surface area contributed by atoms with Gasteiger partial charge in [-0.1, -0.05) is 27.2 Å². The lowest BCUT2D eigenvalue weighted by Crippen LogP contribution is -2.63. The van der Waals surface area contributed by atoms with Crippen LogP contribution in [0.4, 0.5) is 0 Å². The minimum atomic E-state index is -1.93. The molecule has 0 saturated heterocycles. The Kier molecular flexibility index (Phi) is 7.46. The molecule has 0 heterocycles. The number of methoxy groups -OCH3 is 1. The van der Waals surface area contributed by atoms with Crippen molar-refractivity contribution in [2.45, 2.75) is 63.3 Å². The topological polar surface area (TPSA) is 133 Å². The van der Waals surface area contributed by atoms with Gasteiger partial charge in [0.1, 0.15) is 0 Å². The zero-order valence-electron chi connectivity index (χ0n) is 15.4. The van der Waals surface area contributed by atoms with Gasteiger partial charge in [-0.25, -0.2) is 4.79 Å². The standard InChI is InChI=1S/C17H30N2O5S/c1-16(2,3)10-6-5-7-12(10)25-9-17(19,15(23)24-4)14(22)11(18)8-13(20)21/h10-12H,5-9,18-19H2,1-4H3,(H,20,21)/t10?,11-,12?,17+/m0/s1. The monoisotopic (exact) mass is 374 g/mol. The molecule has 25 heavy (non-hydrogen) atoms. The first-order valence-electron chi connectivity index (χ1n) is 8.44. The number of aliphatic carboxylic acids is 1. The molecule has 0 aromatic carbocycles. The first kappa shape index (κ1) is 21.9. The Bertz CT molecular complexity index is 520. The molecule has 0 aromatic heterocycles. The van der Waals surface area contributed by atoms with E-state index in [0.29, 0.717) is 5.92 Å². The number of nitrogens with two attached hydrogens (primary N) is 2. The quantitative estimate of drug-likeness (QED) is 0.426. The molecule has 5 N–H and O–H groups in total. The van der Waals surface area contributed by atoms with E-state index in [-0.39, 0.29) is 16.4 Å². The highest BCUT2D eigenvalue weighted by Crippen LogP contribution is 2.45. The number of Topliss-reactive ketones (excluding diaryl/α,β-unsaturated/α-hetero) is 1. The highest BCUT2D eigenvalue weighted by Gasteiger charge is 2.47. The molecule has 2 unspecified atom stereocenters. The maximum absolute atomic E-state index is 12.6. The number of hydrogen-bond donors (Lipinski definition) is 3. The lowest BCUT2D eigenvalue weighted by atomic mass is 9.79. The van der Waals surface area contributed by atoms with E-state index in [9.17, 15) is 14.4 Å². The molecule has 1 rings (SSSR count). The number of carbonyl (C=O) groups is 3. The van der Waals surface area contributed by atoms with Crippen LogP contribution in [0.25, 0.3) is 0 Å². The first-order chi connectivity index (χ1) is 11.4. The molecule has 1 saturated carbocycles. The first-order valence-corrected chi connectivity index (χ1v) is 9.49. The Balaban J connectivity index is 2.91. The summed E-state index contributed by atoms with van der Waals surface area (Å²) in [6, 6.07) is -1.34. The molecular weight excluding hydrogens is 344 g/mol. The van der Waals surface area contributed by atoms with Gasteiger partial charge in [0, 0.05) is 11.0 Å². The molecule has 0 aliphatic heterocycles. The van der Waals surface area contributed by atoms with Gasteiger partial charge in [0.25, 0.3) is 0 Å². The fraction of sp³-hybridized carbons (Fsp3) is 0.824. The molecule has 0 amide bonds. The Morgan fingerprint density at radius 3 is 2.36 bits per heavy atom.